The van der Waals surface area contributed by atoms with E-state index in [-0.39, 0.29) is 29.5 Å². The quantitative estimate of drug-likeness (QED) is 0.792. The van der Waals surface area contributed by atoms with Crippen molar-refractivity contribution in [2.45, 2.75) is 51.5 Å². The molecule has 2 saturated carbocycles. The van der Waals surface area contributed by atoms with Gasteiger partial charge in [-0.05, 0) is 81.0 Å². The maximum atomic E-state index is 12.7. The summed E-state index contributed by atoms with van der Waals surface area (Å²) in [6.45, 7) is 3.41. The fraction of sp³-hybridized carbons (Fsp3) is 0.636. The van der Waals surface area contributed by atoms with Crippen LogP contribution in [0.15, 0.2) is 24.3 Å². The minimum Gasteiger partial charge on any atom is -0.508 e. The van der Waals surface area contributed by atoms with Crippen LogP contribution in [0, 0.1) is 23.7 Å². The van der Waals surface area contributed by atoms with E-state index in [0.717, 1.165) is 11.8 Å². The lowest BCUT2D eigenvalue weighted by atomic mass is 9.84. The number of phenols is 1. The van der Waals surface area contributed by atoms with Crippen LogP contribution in [-0.2, 0) is 0 Å². The number of phenolic OH excluding ortho intramolecular Hbond substituents is 1. The first-order valence-corrected chi connectivity index (χ1v) is 10.4. The molecule has 2 amide bonds. The third kappa shape index (κ3) is 3.83. The molecule has 1 aromatic rings. The van der Waals surface area contributed by atoms with Crippen molar-refractivity contribution in [3.8, 4) is 5.75 Å². The van der Waals surface area contributed by atoms with Crippen LogP contribution in [0.1, 0.15) is 55.8 Å². The van der Waals surface area contributed by atoms with Crippen molar-refractivity contribution in [3.05, 3.63) is 29.8 Å². The second-order valence-electron chi connectivity index (χ2n) is 8.75. The van der Waals surface area contributed by atoms with Crippen molar-refractivity contribution in [1.29, 1.82) is 0 Å². The van der Waals surface area contributed by atoms with Crippen molar-refractivity contribution in [1.82, 2.24) is 10.2 Å². The molecule has 0 radical (unpaired) electrons. The van der Waals surface area contributed by atoms with Crippen molar-refractivity contribution in [3.63, 3.8) is 0 Å². The number of rotatable bonds is 4. The van der Waals surface area contributed by atoms with Gasteiger partial charge >= 0.3 is 6.03 Å². The Hall–Kier alpha value is -2.04. The zero-order chi connectivity index (χ0) is 19.0. The smallest absolute Gasteiger partial charge is 0.317 e. The molecule has 1 aromatic carbocycles. The number of ketones is 1. The van der Waals surface area contributed by atoms with Gasteiger partial charge in [-0.2, -0.15) is 0 Å². The first-order chi connectivity index (χ1) is 13.0. The molecule has 3 fully saturated rings. The van der Waals surface area contributed by atoms with Crippen LogP contribution in [0.25, 0.3) is 0 Å². The van der Waals surface area contributed by atoms with E-state index in [9.17, 15) is 14.7 Å². The number of urea groups is 1. The number of carbonyl (C=O) groups is 2. The third-order valence-electron chi connectivity index (χ3n) is 7.09. The Kier molecular flexibility index (Phi) is 5.11. The zero-order valence-corrected chi connectivity index (χ0v) is 16.1. The Labute approximate surface area is 161 Å². The highest BCUT2D eigenvalue weighted by molar-refractivity contribution is 5.98. The second kappa shape index (κ2) is 7.53. The topological polar surface area (TPSA) is 69.6 Å². The van der Waals surface area contributed by atoms with Crippen molar-refractivity contribution in [2.75, 3.05) is 13.1 Å². The maximum absolute atomic E-state index is 12.7. The number of nitrogens with one attached hydrogen (secondary N) is 1. The van der Waals surface area contributed by atoms with Gasteiger partial charge in [0.15, 0.2) is 5.78 Å². The van der Waals surface area contributed by atoms with E-state index < -0.39 is 0 Å². The average Bonchev–Trinajstić information content (AvgIpc) is 3.32. The maximum Gasteiger partial charge on any atom is 0.317 e. The van der Waals surface area contributed by atoms with Crippen LogP contribution < -0.4 is 5.32 Å². The molecule has 1 saturated heterocycles. The highest BCUT2D eigenvalue weighted by Gasteiger charge is 2.42. The SMILES string of the molecule is C[C@H](NC(=O)N1CCC(C(=O)c2ccc(O)cc2)CC1)[C@@H]1C[C@H]2CC[C@H]1C2. The molecular formula is C22H30N2O3. The van der Waals surface area contributed by atoms with Crippen LogP contribution in [-0.4, -0.2) is 41.0 Å². The second-order valence-corrected chi connectivity index (χ2v) is 8.75. The highest BCUT2D eigenvalue weighted by Crippen LogP contribution is 2.49. The van der Waals surface area contributed by atoms with Gasteiger partial charge in [0.2, 0.25) is 0 Å². The fourth-order valence-corrected chi connectivity index (χ4v) is 5.51. The summed E-state index contributed by atoms with van der Waals surface area (Å²) >= 11 is 0. The van der Waals surface area contributed by atoms with Crippen molar-refractivity contribution >= 4 is 11.8 Å². The van der Waals surface area contributed by atoms with Crippen LogP contribution in [0.4, 0.5) is 4.79 Å². The van der Waals surface area contributed by atoms with Crippen LogP contribution in [0.2, 0.25) is 0 Å². The Balaban J connectivity index is 1.26. The first-order valence-electron chi connectivity index (χ1n) is 10.4. The minimum atomic E-state index is -0.0402. The summed E-state index contributed by atoms with van der Waals surface area (Å²) in [6, 6.07) is 6.71. The number of Topliss-reactive ketones (excluding diaryl/α,β-unsaturated/α-hetero) is 1. The number of carbonyl (C=O) groups excluding carboxylic acids is 2. The summed E-state index contributed by atoms with van der Waals surface area (Å²) in [7, 11) is 0. The summed E-state index contributed by atoms with van der Waals surface area (Å²) in [5.74, 6) is 2.58. The minimum absolute atomic E-state index is 0.0285. The van der Waals surface area contributed by atoms with Gasteiger partial charge in [0, 0.05) is 30.6 Å². The molecule has 4 rings (SSSR count). The number of benzene rings is 1. The van der Waals surface area contributed by atoms with E-state index >= 15 is 0 Å². The summed E-state index contributed by atoms with van der Waals surface area (Å²) in [6.07, 6.45) is 6.75. The zero-order valence-electron chi connectivity index (χ0n) is 16.1. The molecule has 2 bridgehead atoms. The van der Waals surface area contributed by atoms with E-state index in [2.05, 4.69) is 12.2 Å². The molecular weight excluding hydrogens is 340 g/mol. The van der Waals surface area contributed by atoms with Gasteiger partial charge in [0.05, 0.1) is 0 Å². The molecule has 1 heterocycles. The molecule has 5 heteroatoms. The molecule has 0 aromatic heterocycles. The summed E-state index contributed by atoms with van der Waals surface area (Å²) in [5.41, 5.74) is 0.639. The molecule has 2 N–H and O–H groups in total. The predicted octanol–water partition coefficient (Wildman–Crippen LogP) is 3.82. The van der Waals surface area contributed by atoms with Gasteiger partial charge in [-0.25, -0.2) is 4.79 Å². The number of piperidine rings is 1. The molecule has 0 unspecified atom stereocenters. The Morgan fingerprint density at radius 3 is 2.37 bits per heavy atom. The number of aromatic hydroxyl groups is 1. The van der Waals surface area contributed by atoms with E-state index in [0.29, 0.717) is 37.4 Å². The van der Waals surface area contributed by atoms with E-state index in [4.69, 9.17) is 0 Å². The first kappa shape index (κ1) is 18.3. The van der Waals surface area contributed by atoms with E-state index in [1.807, 2.05) is 4.90 Å². The van der Waals surface area contributed by atoms with Crippen molar-refractivity contribution in [2.24, 2.45) is 23.7 Å². The average molecular weight is 370 g/mol. The van der Waals surface area contributed by atoms with Crippen LogP contribution in [0.5, 0.6) is 5.75 Å². The number of amides is 2. The van der Waals surface area contributed by atoms with Crippen molar-refractivity contribution < 1.29 is 14.7 Å². The van der Waals surface area contributed by atoms with Gasteiger partial charge in [0.1, 0.15) is 5.75 Å². The lowest BCUT2D eigenvalue weighted by Crippen LogP contribution is -2.50. The Morgan fingerprint density at radius 2 is 1.78 bits per heavy atom. The van der Waals surface area contributed by atoms with Gasteiger partial charge in [-0.3, -0.25) is 4.79 Å². The standard InChI is InChI=1S/C22H30N2O3/c1-14(20-13-15-2-3-18(20)12-15)23-22(27)24-10-8-17(9-11-24)21(26)16-4-6-19(25)7-5-16/h4-7,14-15,17-18,20,25H,2-3,8-13H2,1H3,(H,23,27)/t14-,15-,18-,20-/m0/s1. The van der Waals surface area contributed by atoms with Gasteiger partial charge in [-0.1, -0.05) is 6.42 Å². The molecule has 146 valence electrons. The molecule has 1 aliphatic heterocycles. The van der Waals surface area contributed by atoms with Crippen LogP contribution in [0.3, 0.4) is 0 Å². The number of likely N-dealkylation sites (tertiary alicyclic amines) is 1. The monoisotopic (exact) mass is 370 g/mol. The van der Waals surface area contributed by atoms with Gasteiger partial charge in [-0.15, -0.1) is 0 Å². The largest absolute Gasteiger partial charge is 0.508 e. The predicted molar refractivity (Wildman–Crippen MR) is 104 cm³/mol. The lowest BCUT2D eigenvalue weighted by Gasteiger charge is -2.34. The summed E-state index contributed by atoms with van der Waals surface area (Å²) < 4.78 is 0. The fourth-order valence-electron chi connectivity index (χ4n) is 5.51. The summed E-state index contributed by atoms with van der Waals surface area (Å²) in [4.78, 5) is 27.1. The molecule has 3 aliphatic rings. The molecule has 27 heavy (non-hydrogen) atoms. The van der Waals surface area contributed by atoms with E-state index in [1.165, 1.54) is 25.7 Å². The molecule has 2 aliphatic carbocycles. The highest BCUT2D eigenvalue weighted by atomic mass is 16.3. The Bertz CT molecular complexity index is 694. The van der Waals surface area contributed by atoms with Gasteiger partial charge < -0.3 is 15.3 Å². The number of hydrogen-bond acceptors (Lipinski definition) is 3. The Morgan fingerprint density at radius 1 is 1.07 bits per heavy atom. The normalized spacial score (nSPS) is 28.9. The lowest BCUT2D eigenvalue weighted by molar-refractivity contribution is 0.0851. The summed E-state index contributed by atoms with van der Waals surface area (Å²) in [5, 5.41) is 12.6. The molecule has 4 atom stereocenters. The number of hydrogen-bond donors (Lipinski definition) is 2. The third-order valence-corrected chi connectivity index (χ3v) is 7.09. The van der Waals surface area contributed by atoms with Crippen LogP contribution >= 0.6 is 0 Å². The molecule has 5 nitrogen and oxygen atoms in total. The number of fused-ring (bicyclic) bond motifs is 2. The van der Waals surface area contributed by atoms with E-state index in [1.54, 1.807) is 24.3 Å². The number of nitrogens with zero attached hydrogens (tertiary/aromatic N) is 1. The molecule has 0 spiro atoms. The van der Waals surface area contributed by atoms with Gasteiger partial charge in [0.25, 0.3) is 0 Å².